The van der Waals surface area contributed by atoms with Crippen LogP contribution in [0.4, 0.5) is 5.82 Å². The Labute approximate surface area is 178 Å². The van der Waals surface area contributed by atoms with E-state index in [0.29, 0.717) is 23.2 Å². The molecule has 1 aliphatic rings. The lowest BCUT2D eigenvalue weighted by Crippen LogP contribution is -2.03. The zero-order chi connectivity index (χ0) is 20.9. The summed E-state index contributed by atoms with van der Waals surface area (Å²) in [7, 11) is 0. The highest BCUT2D eigenvalue weighted by Crippen LogP contribution is 2.33. The largest absolute Gasteiger partial charge is 0.443 e. The van der Waals surface area contributed by atoms with Crippen molar-refractivity contribution in [3.63, 3.8) is 0 Å². The molecule has 4 heterocycles. The molecule has 0 saturated carbocycles. The van der Waals surface area contributed by atoms with Crippen LogP contribution in [0.15, 0.2) is 59.3 Å². The topological polar surface area (TPSA) is 95.7 Å². The number of imidazole rings is 1. The fraction of sp³-hybridized carbons (Fsp3) is 0.167. The van der Waals surface area contributed by atoms with Crippen molar-refractivity contribution in [2.75, 3.05) is 5.73 Å². The van der Waals surface area contributed by atoms with Gasteiger partial charge in [-0.05, 0) is 73.7 Å². The van der Waals surface area contributed by atoms with Crippen molar-refractivity contribution in [2.45, 2.75) is 26.2 Å². The summed E-state index contributed by atoms with van der Waals surface area (Å²) in [5.74, 6) is 1.64. The summed E-state index contributed by atoms with van der Waals surface area (Å²) in [6.07, 6.45) is 6.73. The summed E-state index contributed by atoms with van der Waals surface area (Å²) in [5, 5.41) is 0. The van der Waals surface area contributed by atoms with Crippen LogP contribution in [0.25, 0.3) is 39.8 Å². The zero-order valence-corrected chi connectivity index (χ0v) is 17.0. The van der Waals surface area contributed by atoms with Crippen LogP contribution in [-0.4, -0.2) is 24.5 Å². The fourth-order valence-electron chi connectivity index (χ4n) is 4.28. The maximum Gasteiger partial charge on any atom is 0.245 e. The van der Waals surface area contributed by atoms with Gasteiger partial charge in [-0.2, -0.15) is 0 Å². The van der Waals surface area contributed by atoms with Gasteiger partial charge in [0.1, 0.15) is 23.3 Å². The molecule has 2 N–H and O–H groups in total. The van der Waals surface area contributed by atoms with Crippen molar-refractivity contribution in [1.82, 2.24) is 24.5 Å². The van der Waals surface area contributed by atoms with Gasteiger partial charge in [0, 0.05) is 11.9 Å². The highest BCUT2D eigenvalue weighted by molar-refractivity contribution is 5.84. The minimum Gasteiger partial charge on any atom is -0.443 e. The molecule has 0 amide bonds. The molecule has 6 rings (SSSR count). The lowest BCUT2D eigenvalue weighted by atomic mass is 10.1. The molecule has 0 spiro atoms. The van der Waals surface area contributed by atoms with Gasteiger partial charge in [0.15, 0.2) is 11.5 Å². The number of benzene rings is 1. The summed E-state index contributed by atoms with van der Waals surface area (Å²) in [6, 6.07) is 14.2. The first-order valence-electron chi connectivity index (χ1n) is 10.3. The molecule has 1 aromatic carbocycles. The fourth-order valence-corrected chi connectivity index (χ4v) is 4.28. The van der Waals surface area contributed by atoms with E-state index in [2.05, 4.69) is 32.7 Å². The van der Waals surface area contributed by atoms with Gasteiger partial charge in [-0.3, -0.25) is 4.57 Å². The van der Waals surface area contributed by atoms with Crippen molar-refractivity contribution in [3.8, 4) is 28.7 Å². The average molecular weight is 408 g/mol. The Balaban J connectivity index is 1.64. The minimum absolute atomic E-state index is 0.434. The van der Waals surface area contributed by atoms with E-state index in [9.17, 15) is 0 Å². The van der Waals surface area contributed by atoms with Crippen molar-refractivity contribution < 1.29 is 4.42 Å². The van der Waals surface area contributed by atoms with Gasteiger partial charge in [-0.15, -0.1) is 0 Å². The summed E-state index contributed by atoms with van der Waals surface area (Å²) >= 11 is 0. The van der Waals surface area contributed by atoms with Crippen LogP contribution in [0, 0.1) is 6.92 Å². The summed E-state index contributed by atoms with van der Waals surface area (Å²) in [4.78, 5) is 18.5. The van der Waals surface area contributed by atoms with E-state index in [4.69, 9.17) is 20.1 Å². The second kappa shape index (κ2) is 6.77. The molecular weight excluding hydrogens is 388 g/mol. The van der Waals surface area contributed by atoms with Crippen LogP contribution in [0.2, 0.25) is 0 Å². The van der Waals surface area contributed by atoms with Gasteiger partial charge < -0.3 is 10.2 Å². The molecule has 0 unspecified atom stereocenters. The Morgan fingerprint density at radius 1 is 1.00 bits per heavy atom. The van der Waals surface area contributed by atoms with Gasteiger partial charge in [0.25, 0.3) is 0 Å². The van der Waals surface area contributed by atoms with Crippen molar-refractivity contribution in [1.29, 1.82) is 0 Å². The smallest absolute Gasteiger partial charge is 0.245 e. The minimum atomic E-state index is 0.434. The van der Waals surface area contributed by atoms with E-state index >= 15 is 0 Å². The second-order valence-corrected chi connectivity index (χ2v) is 7.85. The standard InChI is InChI=1S/C24H20N6O/c1-14-13-31-24(27-14)20-10-9-19-23(29-20)30(17-8-7-15-4-2-5-16(15)12-17)22(28-19)18-6-3-11-26-21(18)25/h3,6-13H,2,4-5H2,1H3,(H2,25,26). The molecular formula is C24H20N6O. The molecule has 0 atom stereocenters. The first-order valence-corrected chi connectivity index (χ1v) is 10.3. The number of aromatic nitrogens is 5. The average Bonchev–Trinajstić information content (AvgIpc) is 3.50. The number of nitrogen functional groups attached to an aromatic ring is 1. The van der Waals surface area contributed by atoms with Gasteiger partial charge in [-0.25, -0.2) is 19.9 Å². The monoisotopic (exact) mass is 408 g/mol. The number of fused-ring (bicyclic) bond motifs is 2. The maximum absolute atomic E-state index is 6.23. The van der Waals surface area contributed by atoms with Crippen LogP contribution in [-0.2, 0) is 12.8 Å². The quantitative estimate of drug-likeness (QED) is 0.472. The van der Waals surface area contributed by atoms with Crippen LogP contribution in [0.1, 0.15) is 23.2 Å². The molecule has 31 heavy (non-hydrogen) atoms. The van der Waals surface area contributed by atoms with Gasteiger partial charge in [0.2, 0.25) is 5.89 Å². The summed E-state index contributed by atoms with van der Waals surface area (Å²) in [6.45, 7) is 1.89. The first-order chi connectivity index (χ1) is 15.2. The maximum atomic E-state index is 6.23. The molecule has 0 bridgehead atoms. The molecule has 0 radical (unpaired) electrons. The third-order valence-corrected chi connectivity index (χ3v) is 5.76. The zero-order valence-electron chi connectivity index (χ0n) is 17.0. The Kier molecular flexibility index (Phi) is 3.89. The lowest BCUT2D eigenvalue weighted by Gasteiger charge is -2.12. The van der Waals surface area contributed by atoms with Crippen LogP contribution in [0.3, 0.4) is 0 Å². The van der Waals surface area contributed by atoms with Crippen LogP contribution in [0.5, 0.6) is 0 Å². The van der Waals surface area contributed by atoms with Gasteiger partial charge in [0.05, 0.1) is 11.3 Å². The number of pyridine rings is 2. The van der Waals surface area contributed by atoms with Gasteiger partial charge in [-0.1, -0.05) is 6.07 Å². The van der Waals surface area contributed by atoms with E-state index in [0.717, 1.165) is 41.0 Å². The number of anilines is 1. The number of nitrogens with two attached hydrogens (primary N) is 1. The molecule has 4 aromatic heterocycles. The molecule has 7 nitrogen and oxygen atoms in total. The van der Waals surface area contributed by atoms with Crippen LogP contribution >= 0.6 is 0 Å². The van der Waals surface area contributed by atoms with Crippen LogP contribution < -0.4 is 5.73 Å². The predicted octanol–water partition coefficient (Wildman–Crippen LogP) is 4.52. The third-order valence-electron chi connectivity index (χ3n) is 5.76. The molecule has 152 valence electrons. The van der Waals surface area contributed by atoms with Crippen molar-refractivity contribution >= 4 is 17.0 Å². The normalized spacial score (nSPS) is 13.1. The Bertz CT molecular complexity index is 1450. The third kappa shape index (κ3) is 2.89. The number of rotatable bonds is 3. The van der Waals surface area contributed by atoms with E-state index in [1.165, 1.54) is 17.5 Å². The lowest BCUT2D eigenvalue weighted by molar-refractivity contribution is 0.571. The molecule has 0 saturated heterocycles. The van der Waals surface area contributed by atoms with E-state index in [-0.39, 0.29) is 0 Å². The highest BCUT2D eigenvalue weighted by Gasteiger charge is 2.21. The van der Waals surface area contributed by atoms with Crippen molar-refractivity contribution in [3.05, 3.63) is 71.7 Å². The van der Waals surface area contributed by atoms with E-state index in [1.54, 1.807) is 12.5 Å². The Morgan fingerprint density at radius 2 is 1.90 bits per heavy atom. The van der Waals surface area contributed by atoms with E-state index in [1.807, 2.05) is 31.2 Å². The Morgan fingerprint density at radius 3 is 2.74 bits per heavy atom. The highest BCUT2D eigenvalue weighted by atomic mass is 16.3. The summed E-state index contributed by atoms with van der Waals surface area (Å²) < 4.78 is 7.64. The first kappa shape index (κ1) is 17.8. The molecule has 7 heteroatoms. The molecule has 0 fully saturated rings. The number of hydrogen-bond donors (Lipinski definition) is 1. The molecule has 1 aliphatic carbocycles. The Hall–Kier alpha value is -4.00. The predicted molar refractivity (Wildman–Crippen MR) is 119 cm³/mol. The number of hydrogen-bond acceptors (Lipinski definition) is 6. The number of aryl methyl sites for hydroxylation is 3. The van der Waals surface area contributed by atoms with Crippen molar-refractivity contribution in [2.24, 2.45) is 0 Å². The number of nitrogens with zero attached hydrogens (tertiary/aromatic N) is 5. The van der Waals surface area contributed by atoms with E-state index < -0.39 is 0 Å². The number of oxazole rings is 1. The SMILES string of the molecule is Cc1coc(-c2ccc3nc(-c4cccnc4N)n(-c4ccc5c(c4)CCC5)c3n2)n1. The second-order valence-electron chi connectivity index (χ2n) is 7.85. The molecule has 5 aromatic rings. The molecule has 0 aliphatic heterocycles. The summed E-state index contributed by atoms with van der Waals surface area (Å²) in [5.41, 5.74) is 13.8. The van der Waals surface area contributed by atoms with Gasteiger partial charge >= 0.3 is 0 Å².